The molecule has 17 heavy (non-hydrogen) atoms. The molecule has 0 spiro atoms. The van der Waals surface area contributed by atoms with Crippen LogP contribution in [0.5, 0.6) is 0 Å². The molecular weight excluding hydrogens is 212 g/mol. The molecule has 4 unspecified atom stereocenters. The molecule has 1 aliphatic rings. The molecule has 0 amide bonds. The van der Waals surface area contributed by atoms with Crippen molar-refractivity contribution in [2.45, 2.75) is 65.2 Å². The Morgan fingerprint density at radius 2 is 1.76 bits per heavy atom. The molecule has 0 aromatic carbocycles. The predicted octanol–water partition coefficient (Wildman–Crippen LogP) is 2.25. The molecule has 0 aromatic rings. The Hall–Kier alpha value is -0.120. The van der Waals surface area contributed by atoms with Crippen molar-refractivity contribution in [1.82, 2.24) is 4.90 Å². The van der Waals surface area contributed by atoms with Crippen molar-refractivity contribution in [3.8, 4) is 0 Å². The van der Waals surface area contributed by atoms with Crippen LogP contribution in [0.1, 0.15) is 47.0 Å². The van der Waals surface area contributed by atoms with Gasteiger partial charge in [-0.25, -0.2) is 0 Å². The molecule has 0 aromatic heterocycles. The third kappa shape index (κ3) is 6.39. The zero-order chi connectivity index (χ0) is 12.8. The van der Waals surface area contributed by atoms with E-state index in [0.29, 0.717) is 18.2 Å². The Bertz CT molecular complexity index is 198. The summed E-state index contributed by atoms with van der Waals surface area (Å²) in [6.45, 7) is 12.2. The molecule has 0 radical (unpaired) electrons. The van der Waals surface area contributed by atoms with E-state index in [4.69, 9.17) is 10.5 Å². The lowest BCUT2D eigenvalue weighted by atomic mass is 10.0. The average molecular weight is 242 g/mol. The predicted molar refractivity (Wildman–Crippen MR) is 73.1 cm³/mol. The summed E-state index contributed by atoms with van der Waals surface area (Å²) < 4.78 is 5.75. The smallest absolute Gasteiger partial charge is 0.0678 e. The monoisotopic (exact) mass is 242 g/mol. The largest absolute Gasteiger partial charge is 0.373 e. The first kappa shape index (κ1) is 14.9. The SMILES string of the molecule is CC(N)CCCC(C)CN1CC(C)OC(C)C1. The topological polar surface area (TPSA) is 38.5 Å². The molecule has 3 heteroatoms. The molecular formula is C14H30N2O. The van der Waals surface area contributed by atoms with Crippen molar-refractivity contribution in [3.05, 3.63) is 0 Å². The highest BCUT2D eigenvalue weighted by Gasteiger charge is 2.22. The summed E-state index contributed by atoms with van der Waals surface area (Å²) in [4.78, 5) is 2.55. The van der Waals surface area contributed by atoms with Crippen LogP contribution in [0.4, 0.5) is 0 Å². The second kappa shape index (κ2) is 7.34. The summed E-state index contributed by atoms with van der Waals surface area (Å²) in [6, 6.07) is 0.352. The minimum absolute atomic E-state index is 0.352. The van der Waals surface area contributed by atoms with Crippen molar-refractivity contribution in [1.29, 1.82) is 0 Å². The van der Waals surface area contributed by atoms with Gasteiger partial charge in [-0.2, -0.15) is 0 Å². The summed E-state index contributed by atoms with van der Waals surface area (Å²) in [5, 5.41) is 0. The van der Waals surface area contributed by atoms with Crippen LogP contribution in [0.25, 0.3) is 0 Å². The van der Waals surface area contributed by atoms with Gasteiger partial charge in [0.25, 0.3) is 0 Å². The first-order valence-electron chi connectivity index (χ1n) is 7.10. The van der Waals surface area contributed by atoms with Crippen LogP contribution in [-0.4, -0.2) is 42.8 Å². The Kier molecular flexibility index (Phi) is 6.45. The third-order valence-corrected chi connectivity index (χ3v) is 3.42. The van der Waals surface area contributed by atoms with Gasteiger partial charge in [-0.1, -0.05) is 13.3 Å². The van der Waals surface area contributed by atoms with Crippen LogP contribution in [-0.2, 0) is 4.74 Å². The zero-order valence-electron chi connectivity index (χ0n) is 12.0. The Morgan fingerprint density at radius 3 is 2.29 bits per heavy atom. The number of nitrogens with two attached hydrogens (primary N) is 1. The van der Waals surface area contributed by atoms with Crippen LogP contribution < -0.4 is 5.73 Å². The normalized spacial score (nSPS) is 30.2. The van der Waals surface area contributed by atoms with E-state index in [1.807, 2.05) is 0 Å². The number of hydrogen-bond donors (Lipinski definition) is 1. The summed E-state index contributed by atoms with van der Waals surface area (Å²) in [5.74, 6) is 0.770. The third-order valence-electron chi connectivity index (χ3n) is 3.42. The van der Waals surface area contributed by atoms with Gasteiger partial charge in [0, 0.05) is 25.7 Å². The van der Waals surface area contributed by atoms with Gasteiger partial charge in [-0.3, -0.25) is 4.90 Å². The maximum atomic E-state index is 5.77. The van der Waals surface area contributed by atoms with Crippen molar-refractivity contribution in [2.75, 3.05) is 19.6 Å². The lowest BCUT2D eigenvalue weighted by Crippen LogP contribution is -2.46. The average Bonchev–Trinajstić information content (AvgIpc) is 2.14. The van der Waals surface area contributed by atoms with E-state index >= 15 is 0 Å². The van der Waals surface area contributed by atoms with Crippen LogP contribution in [0.3, 0.4) is 0 Å². The molecule has 2 N–H and O–H groups in total. The molecule has 0 bridgehead atoms. The molecule has 0 saturated carbocycles. The lowest BCUT2D eigenvalue weighted by Gasteiger charge is -2.36. The standard InChI is InChI=1S/C14H30N2O/c1-11(6-5-7-12(2)15)8-16-9-13(3)17-14(4)10-16/h11-14H,5-10,15H2,1-4H3. The van der Waals surface area contributed by atoms with Gasteiger partial charge in [0.05, 0.1) is 12.2 Å². The van der Waals surface area contributed by atoms with Crippen LogP contribution in [0.15, 0.2) is 0 Å². The quantitative estimate of drug-likeness (QED) is 0.776. The number of morpholine rings is 1. The highest BCUT2D eigenvalue weighted by molar-refractivity contribution is 4.74. The van der Waals surface area contributed by atoms with Crippen molar-refractivity contribution in [3.63, 3.8) is 0 Å². The van der Waals surface area contributed by atoms with E-state index in [1.54, 1.807) is 0 Å². The molecule has 3 nitrogen and oxygen atoms in total. The summed E-state index contributed by atoms with van der Waals surface area (Å²) in [5.41, 5.74) is 5.77. The van der Waals surface area contributed by atoms with Gasteiger partial charge in [0.2, 0.25) is 0 Å². The Morgan fingerprint density at radius 1 is 1.18 bits per heavy atom. The van der Waals surface area contributed by atoms with E-state index in [0.717, 1.165) is 25.4 Å². The first-order valence-corrected chi connectivity index (χ1v) is 7.10. The molecule has 1 heterocycles. The summed E-state index contributed by atoms with van der Waals surface area (Å²) in [7, 11) is 0. The minimum Gasteiger partial charge on any atom is -0.373 e. The number of hydrogen-bond acceptors (Lipinski definition) is 3. The number of rotatable bonds is 6. The van der Waals surface area contributed by atoms with Gasteiger partial charge in [-0.15, -0.1) is 0 Å². The number of ether oxygens (including phenoxy) is 1. The zero-order valence-corrected chi connectivity index (χ0v) is 12.0. The molecule has 0 aliphatic carbocycles. The van der Waals surface area contributed by atoms with Gasteiger partial charge >= 0.3 is 0 Å². The molecule has 1 saturated heterocycles. The highest BCUT2D eigenvalue weighted by atomic mass is 16.5. The minimum atomic E-state index is 0.352. The fraction of sp³-hybridized carbons (Fsp3) is 1.00. The van der Waals surface area contributed by atoms with Crippen LogP contribution >= 0.6 is 0 Å². The summed E-state index contributed by atoms with van der Waals surface area (Å²) in [6.07, 6.45) is 4.47. The molecule has 1 fully saturated rings. The molecule has 1 aliphatic heterocycles. The van der Waals surface area contributed by atoms with Gasteiger partial charge in [-0.05, 0) is 39.5 Å². The Labute approximate surface area is 107 Å². The van der Waals surface area contributed by atoms with E-state index in [-0.39, 0.29) is 0 Å². The Balaban J connectivity index is 2.18. The molecule has 102 valence electrons. The van der Waals surface area contributed by atoms with Crippen LogP contribution in [0, 0.1) is 5.92 Å². The van der Waals surface area contributed by atoms with Gasteiger partial charge < -0.3 is 10.5 Å². The lowest BCUT2D eigenvalue weighted by molar-refractivity contribution is -0.0711. The van der Waals surface area contributed by atoms with E-state index in [1.165, 1.54) is 19.4 Å². The van der Waals surface area contributed by atoms with Crippen molar-refractivity contribution < 1.29 is 4.74 Å². The maximum absolute atomic E-state index is 5.77. The summed E-state index contributed by atoms with van der Waals surface area (Å²) >= 11 is 0. The fourth-order valence-electron chi connectivity index (χ4n) is 2.75. The van der Waals surface area contributed by atoms with Gasteiger partial charge in [0.15, 0.2) is 0 Å². The van der Waals surface area contributed by atoms with E-state index < -0.39 is 0 Å². The molecule has 4 atom stereocenters. The van der Waals surface area contributed by atoms with E-state index in [2.05, 4.69) is 32.6 Å². The highest BCUT2D eigenvalue weighted by Crippen LogP contribution is 2.15. The van der Waals surface area contributed by atoms with Crippen LogP contribution in [0.2, 0.25) is 0 Å². The van der Waals surface area contributed by atoms with E-state index in [9.17, 15) is 0 Å². The second-order valence-corrected chi connectivity index (χ2v) is 5.99. The number of nitrogens with zero attached hydrogens (tertiary/aromatic N) is 1. The molecule has 1 rings (SSSR count). The second-order valence-electron chi connectivity index (χ2n) is 5.99. The fourth-order valence-corrected chi connectivity index (χ4v) is 2.75. The van der Waals surface area contributed by atoms with Crippen molar-refractivity contribution >= 4 is 0 Å². The van der Waals surface area contributed by atoms with Crippen molar-refractivity contribution in [2.24, 2.45) is 11.7 Å². The first-order chi connectivity index (χ1) is 7.97. The van der Waals surface area contributed by atoms with Gasteiger partial charge in [0.1, 0.15) is 0 Å². The maximum Gasteiger partial charge on any atom is 0.0678 e.